The number of piperidine rings is 1. The molecule has 1 aromatic heterocycles. The van der Waals surface area contributed by atoms with Crippen molar-refractivity contribution in [2.75, 3.05) is 44.2 Å². The second-order valence-corrected chi connectivity index (χ2v) is 10.8. The van der Waals surface area contributed by atoms with E-state index in [0.29, 0.717) is 56.6 Å². The van der Waals surface area contributed by atoms with Crippen molar-refractivity contribution in [1.82, 2.24) is 18.0 Å². The number of halogens is 1. The topological polar surface area (TPSA) is 86.7 Å². The number of carbonyl (C=O) groups excluding carboxylic acids is 1. The molecule has 2 aromatic carbocycles. The van der Waals surface area contributed by atoms with Gasteiger partial charge in [-0.2, -0.15) is 13.1 Å². The van der Waals surface area contributed by atoms with Crippen molar-refractivity contribution < 1.29 is 17.6 Å². The zero-order chi connectivity index (χ0) is 23.0. The highest BCUT2D eigenvalue weighted by Gasteiger charge is 2.36. The summed E-state index contributed by atoms with van der Waals surface area (Å²) in [4.78, 5) is 17.3. The third-order valence-electron chi connectivity index (χ3n) is 6.38. The van der Waals surface area contributed by atoms with Crippen molar-refractivity contribution in [2.45, 2.75) is 17.7 Å². The van der Waals surface area contributed by atoms with Gasteiger partial charge in [0.2, 0.25) is 15.9 Å². The van der Waals surface area contributed by atoms with Crippen LogP contribution in [0.2, 0.25) is 0 Å². The van der Waals surface area contributed by atoms with Crippen LogP contribution in [0.15, 0.2) is 47.4 Å². The predicted molar refractivity (Wildman–Crippen MR) is 124 cm³/mol. The molecule has 33 heavy (non-hydrogen) atoms. The van der Waals surface area contributed by atoms with Crippen molar-refractivity contribution >= 4 is 44.4 Å². The predicted octanol–water partition coefficient (Wildman–Crippen LogP) is 2.58. The number of anilines is 1. The van der Waals surface area contributed by atoms with Crippen LogP contribution in [0.25, 0.3) is 11.0 Å². The number of hydrogen-bond donors (Lipinski definition) is 0. The Labute approximate surface area is 196 Å². The Balaban J connectivity index is 1.26. The number of aromatic nitrogens is 2. The van der Waals surface area contributed by atoms with Crippen molar-refractivity contribution in [3.63, 3.8) is 0 Å². The van der Waals surface area contributed by atoms with Gasteiger partial charge in [0.05, 0.1) is 17.6 Å². The minimum absolute atomic E-state index is 0.00203. The fraction of sp³-hybridized carbons (Fsp3) is 0.409. The van der Waals surface area contributed by atoms with E-state index in [0.717, 1.165) is 17.4 Å². The van der Waals surface area contributed by atoms with E-state index in [1.165, 1.54) is 16.4 Å². The molecule has 0 bridgehead atoms. The molecular weight excluding hydrogens is 465 g/mol. The second kappa shape index (κ2) is 8.96. The third-order valence-corrected chi connectivity index (χ3v) is 8.82. The Kier molecular flexibility index (Phi) is 6.02. The van der Waals surface area contributed by atoms with E-state index in [9.17, 15) is 17.6 Å². The molecule has 3 heterocycles. The van der Waals surface area contributed by atoms with Crippen LogP contribution in [0.1, 0.15) is 12.8 Å². The molecule has 0 aliphatic carbocycles. The van der Waals surface area contributed by atoms with Gasteiger partial charge in [0.25, 0.3) is 0 Å². The summed E-state index contributed by atoms with van der Waals surface area (Å²) < 4.78 is 49.7. The van der Waals surface area contributed by atoms with E-state index >= 15 is 0 Å². The Morgan fingerprint density at radius 2 is 1.76 bits per heavy atom. The summed E-state index contributed by atoms with van der Waals surface area (Å²) in [6, 6.07) is 11.3. The van der Waals surface area contributed by atoms with Gasteiger partial charge < -0.3 is 9.80 Å². The van der Waals surface area contributed by atoms with E-state index in [-0.39, 0.29) is 29.1 Å². The van der Waals surface area contributed by atoms with Gasteiger partial charge in [-0.3, -0.25) is 4.79 Å². The molecule has 0 spiro atoms. The molecule has 8 nitrogen and oxygen atoms in total. The van der Waals surface area contributed by atoms with E-state index in [1.54, 1.807) is 30.3 Å². The normalized spacial score (nSPS) is 20.3. The Morgan fingerprint density at radius 3 is 2.52 bits per heavy atom. The summed E-state index contributed by atoms with van der Waals surface area (Å²) >= 11 is 0.987. The molecule has 1 atom stereocenters. The molecule has 2 aliphatic heterocycles. The number of hydrogen-bond acceptors (Lipinski definition) is 7. The third kappa shape index (κ3) is 4.32. The van der Waals surface area contributed by atoms with Crippen LogP contribution < -0.4 is 4.90 Å². The maximum atomic E-state index is 13.4. The van der Waals surface area contributed by atoms with Crippen LogP contribution >= 0.6 is 11.7 Å². The van der Waals surface area contributed by atoms with Crippen molar-refractivity contribution in [3.05, 3.63) is 48.3 Å². The lowest BCUT2D eigenvalue weighted by Gasteiger charge is -2.39. The standard InChI is InChI=1S/C22H24FN5O3S2/c23-17-6-8-18(9-7-17)26-11-13-27(14-12-26)22(29)16-3-2-10-28(15-16)33(30,31)20-5-1-4-19-21(20)25-32-24-19/h1,4-9,16H,2-3,10-15H2. The van der Waals surface area contributed by atoms with E-state index < -0.39 is 10.0 Å². The number of carbonyl (C=O) groups is 1. The number of sulfonamides is 1. The smallest absolute Gasteiger partial charge is 0.245 e. The number of benzene rings is 2. The maximum Gasteiger partial charge on any atom is 0.245 e. The highest BCUT2D eigenvalue weighted by atomic mass is 32.2. The fourth-order valence-electron chi connectivity index (χ4n) is 4.59. The highest BCUT2D eigenvalue weighted by molar-refractivity contribution is 7.89. The zero-order valence-electron chi connectivity index (χ0n) is 17.9. The minimum Gasteiger partial charge on any atom is -0.368 e. The molecule has 174 valence electrons. The van der Waals surface area contributed by atoms with Crippen molar-refractivity contribution in [3.8, 4) is 0 Å². The van der Waals surface area contributed by atoms with Gasteiger partial charge in [0.1, 0.15) is 21.7 Å². The van der Waals surface area contributed by atoms with E-state index in [1.807, 2.05) is 4.90 Å². The molecule has 0 N–H and O–H groups in total. The highest BCUT2D eigenvalue weighted by Crippen LogP contribution is 2.29. The van der Waals surface area contributed by atoms with Gasteiger partial charge in [0.15, 0.2) is 0 Å². The molecule has 0 saturated carbocycles. The monoisotopic (exact) mass is 489 g/mol. The summed E-state index contributed by atoms with van der Waals surface area (Å²) in [7, 11) is -3.78. The SMILES string of the molecule is O=C(C1CCCN(S(=O)(=O)c2cccc3nsnc23)C1)N1CCN(c2ccc(F)cc2)CC1. The summed E-state index contributed by atoms with van der Waals surface area (Å²) in [5.74, 6) is -0.632. The minimum atomic E-state index is -3.78. The van der Waals surface area contributed by atoms with Crippen LogP contribution in [0.3, 0.4) is 0 Å². The largest absolute Gasteiger partial charge is 0.368 e. The van der Waals surface area contributed by atoms with Gasteiger partial charge in [-0.05, 0) is 49.2 Å². The quantitative estimate of drug-likeness (QED) is 0.560. The van der Waals surface area contributed by atoms with Crippen LogP contribution in [0.5, 0.6) is 0 Å². The lowest BCUT2D eigenvalue weighted by molar-refractivity contribution is -0.137. The Morgan fingerprint density at radius 1 is 1.00 bits per heavy atom. The van der Waals surface area contributed by atoms with Crippen molar-refractivity contribution in [2.24, 2.45) is 5.92 Å². The first kappa shape index (κ1) is 22.2. The lowest BCUT2D eigenvalue weighted by Crippen LogP contribution is -2.53. The lowest BCUT2D eigenvalue weighted by atomic mass is 9.97. The first-order valence-electron chi connectivity index (χ1n) is 10.9. The molecule has 1 amide bonds. The van der Waals surface area contributed by atoms with Gasteiger partial charge >= 0.3 is 0 Å². The number of amides is 1. The summed E-state index contributed by atoms with van der Waals surface area (Å²) in [5, 5.41) is 0. The van der Waals surface area contributed by atoms with Crippen LogP contribution in [-0.2, 0) is 14.8 Å². The zero-order valence-corrected chi connectivity index (χ0v) is 19.6. The maximum absolute atomic E-state index is 13.4. The van der Waals surface area contributed by atoms with Gasteiger partial charge in [-0.1, -0.05) is 6.07 Å². The van der Waals surface area contributed by atoms with E-state index in [2.05, 4.69) is 13.6 Å². The average Bonchev–Trinajstić information content (AvgIpc) is 3.33. The molecule has 0 radical (unpaired) electrons. The first-order chi connectivity index (χ1) is 15.9. The fourth-order valence-corrected chi connectivity index (χ4v) is 6.86. The second-order valence-electron chi connectivity index (χ2n) is 8.38. The summed E-state index contributed by atoms with van der Waals surface area (Å²) in [6.07, 6.45) is 1.31. The van der Waals surface area contributed by atoms with Crippen LogP contribution in [0, 0.1) is 11.7 Å². The molecule has 1 unspecified atom stereocenters. The van der Waals surface area contributed by atoms with Crippen LogP contribution in [0.4, 0.5) is 10.1 Å². The summed E-state index contributed by atoms with van der Waals surface area (Å²) in [6.45, 7) is 2.99. The molecule has 3 aromatic rings. The van der Waals surface area contributed by atoms with Gasteiger partial charge in [0, 0.05) is 45.0 Å². The van der Waals surface area contributed by atoms with Crippen molar-refractivity contribution in [1.29, 1.82) is 0 Å². The number of rotatable bonds is 4. The van der Waals surface area contributed by atoms with Gasteiger partial charge in [-0.25, -0.2) is 12.8 Å². The number of nitrogens with zero attached hydrogens (tertiary/aromatic N) is 5. The molecule has 2 aliphatic rings. The molecular formula is C22H24FN5O3S2. The van der Waals surface area contributed by atoms with Gasteiger partial charge in [-0.15, -0.1) is 0 Å². The Bertz CT molecular complexity index is 1260. The average molecular weight is 490 g/mol. The Hall–Kier alpha value is -2.63. The van der Waals surface area contributed by atoms with E-state index in [4.69, 9.17) is 0 Å². The number of fused-ring (bicyclic) bond motifs is 1. The first-order valence-corrected chi connectivity index (χ1v) is 13.1. The van der Waals surface area contributed by atoms with Crippen LogP contribution in [-0.4, -0.2) is 71.5 Å². The summed E-state index contributed by atoms with van der Waals surface area (Å²) in [5.41, 5.74) is 1.88. The molecule has 2 saturated heterocycles. The number of piperazine rings is 1. The molecule has 5 rings (SSSR count). The molecule has 11 heteroatoms. The molecule has 2 fully saturated rings.